The Hall–Kier alpha value is -3.07. The van der Waals surface area contributed by atoms with Crippen LogP contribution in [-0.4, -0.2) is 21.4 Å². The van der Waals surface area contributed by atoms with Crippen LogP contribution in [0.5, 0.6) is 11.5 Å². The zero-order chi connectivity index (χ0) is 18.6. The van der Waals surface area contributed by atoms with E-state index in [9.17, 15) is 13.2 Å². The van der Waals surface area contributed by atoms with Crippen LogP contribution >= 0.6 is 11.3 Å². The van der Waals surface area contributed by atoms with Crippen molar-refractivity contribution in [2.24, 2.45) is 0 Å². The van der Waals surface area contributed by atoms with Gasteiger partial charge in [0.15, 0.2) is 22.8 Å². The Morgan fingerprint density at radius 2 is 1.85 bits per heavy atom. The highest BCUT2D eigenvalue weighted by molar-refractivity contribution is 7.13. The van der Waals surface area contributed by atoms with Crippen molar-refractivity contribution >= 4 is 17.0 Å². The van der Waals surface area contributed by atoms with Gasteiger partial charge in [-0.05, 0) is 35.7 Å². The summed E-state index contributed by atoms with van der Waals surface area (Å²) in [6, 6.07) is 11.1. The van der Waals surface area contributed by atoms with E-state index in [0.29, 0.717) is 22.8 Å². The Labute approximate surface area is 154 Å². The van der Waals surface area contributed by atoms with E-state index < -0.39 is 11.9 Å². The van der Waals surface area contributed by atoms with Crippen molar-refractivity contribution in [1.29, 1.82) is 0 Å². The Kier molecular flexibility index (Phi) is 3.41. The zero-order valence-electron chi connectivity index (χ0n) is 13.5. The average molecular weight is 389 g/mol. The number of aromatic nitrogens is 3. The summed E-state index contributed by atoms with van der Waals surface area (Å²) in [7, 11) is 0. The second-order valence-electron chi connectivity index (χ2n) is 5.87. The van der Waals surface area contributed by atoms with Gasteiger partial charge in [0.1, 0.15) is 5.69 Å². The minimum Gasteiger partial charge on any atom is -0.454 e. The molecular formula is C18H10F3N3O2S. The quantitative estimate of drug-likeness (QED) is 0.491. The maximum absolute atomic E-state index is 13.7. The van der Waals surface area contributed by atoms with Crippen LogP contribution in [0.1, 0.15) is 5.69 Å². The molecule has 5 nitrogen and oxygen atoms in total. The molecule has 136 valence electrons. The fourth-order valence-electron chi connectivity index (χ4n) is 2.92. The Morgan fingerprint density at radius 1 is 1.00 bits per heavy atom. The van der Waals surface area contributed by atoms with Gasteiger partial charge in [0.05, 0.1) is 10.6 Å². The van der Waals surface area contributed by atoms with Crippen LogP contribution in [0.4, 0.5) is 13.2 Å². The number of hydrogen-bond acceptors (Lipinski definition) is 5. The van der Waals surface area contributed by atoms with Crippen LogP contribution in [0.25, 0.3) is 27.5 Å². The van der Waals surface area contributed by atoms with E-state index in [4.69, 9.17) is 9.47 Å². The molecule has 0 atom stereocenters. The summed E-state index contributed by atoms with van der Waals surface area (Å²) in [5.74, 6) is 1.04. The first-order valence-corrected chi connectivity index (χ1v) is 8.79. The van der Waals surface area contributed by atoms with E-state index in [1.54, 1.807) is 30.3 Å². The normalized spacial score (nSPS) is 13.4. The number of rotatable bonds is 2. The molecular weight excluding hydrogens is 379 g/mol. The standard InChI is InChI=1S/C18H10F3N3O2S/c19-18(20,21)16-7-11(10-3-4-13-14(6-10)26-9-25-13)22-17-8-12(23-24(16)17)15-2-1-5-27-15/h1-8H,9H2. The van der Waals surface area contributed by atoms with E-state index in [1.165, 1.54) is 11.3 Å². The highest BCUT2D eigenvalue weighted by Crippen LogP contribution is 2.38. The molecule has 9 heteroatoms. The highest BCUT2D eigenvalue weighted by atomic mass is 32.1. The van der Waals surface area contributed by atoms with Crippen LogP contribution in [-0.2, 0) is 6.18 Å². The van der Waals surface area contributed by atoms with E-state index in [2.05, 4.69) is 10.1 Å². The lowest BCUT2D eigenvalue weighted by molar-refractivity contribution is -0.142. The molecule has 0 radical (unpaired) electrons. The molecule has 0 saturated carbocycles. The molecule has 1 aliphatic rings. The van der Waals surface area contributed by atoms with Gasteiger partial charge in [-0.1, -0.05) is 6.07 Å². The molecule has 0 N–H and O–H groups in total. The van der Waals surface area contributed by atoms with Crippen LogP contribution in [0.2, 0.25) is 0 Å². The summed E-state index contributed by atoms with van der Waals surface area (Å²) < 4.78 is 52.4. The van der Waals surface area contributed by atoms with Gasteiger partial charge in [-0.3, -0.25) is 0 Å². The molecule has 0 bridgehead atoms. The maximum atomic E-state index is 13.7. The first kappa shape index (κ1) is 16.1. The number of fused-ring (bicyclic) bond motifs is 2. The topological polar surface area (TPSA) is 48.7 Å². The van der Waals surface area contributed by atoms with Gasteiger partial charge >= 0.3 is 6.18 Å². The van der Waals surface area contributed by atoms with Crippen LogP contribution < -0.4 is 9.47 Å². The molecule has 0 fully saturated rings. The first-order valence-electron chi connectivity index (χ1n) is 7.91. The third kappa shape index (κ3) is 2.71. The van der Waals surface area contributed by atoms with Gasteiger partial charge < -0.3 is 9.47 Å². The SMILES string of the molecule is FC(F)(F)c1cc(-c2ccc3c(c2)OCO3)nc2cc(-c3cccs3)nn12. The van der Waals surface area contributed by atoms with E-state index in [0.717, 1.165) is 15.5 Å². The van der Waals surface area contributed by atoms with Crippen molar-refractivity contribution < 1.29 is 22.6 Å². The largest absolute Gasteiger partial charge is 0.454 e. The maximum Gasteiger partial charge on any atom is 0.433 e. The summed E-state index contributed by atoms with van der Waals surface area (Å²) >= 11 is 1.40. The number of hydrogen-bond donors (Lipinski definition) is 0. The second-order valence-corrected chi connectivity index (χ2v) is 6.82. The van der Waals surface area contributed by atoms with Gasteiger partial charge in [0.25, 0.3) is 0 Å². The molecule has 3 aromatic heterocycles. The summed E-state index contributed by atoms with van der Waals surface area (Å²) in [4.78, 5) is 5.16. The molecule has 0 saturated heterocycles. The monoisotopic (exact) mass is 389 g/mol. The number of alkyl halides is 3. The van der Waals surface area contributed by atoms with Gasteiger partial charge in [0, 0.05) is 11.6 Å². The number of nitrogens with zero attached hydrogens (tertiary/aromatic N) is 3. The van der Waals surface area contributed by atoms with Crippen molar-refractivity contribution in [1.82, 2.24) is 14.6 Å². The summed E-state index contributed by atoms with van der Waals surface area (Å²) in [6.07, 6.45) is -4.58. The highest BCUT2D eigenvalue weighted by Gasteiger charge is 2.35. The predicted octanol–water partition coefficient (Wildman–Crippen LogP) is 4.87. The Bertz CT molecular complexity index is 1150. The lowest BCUT2D eigenvalue weighted by Gasteiger charge is -2.11. The molecule has 4 heterocycles. The van der Waals surface area contributed by atoms with Crippen molar-refractivity contribution in [2.75, 3.05) is 6.79 Å². The molecule has 5 rings (SSSR count). The molecule has 1 aromatic carbocycles. The zero-order valence-corrected chi connectivity index (χ0v) is 14.3. The van der Waals surface area contributed by atoms with Gasteiger partial charge in [-0.25, -0.2) is 9.50 Å². The fraction of sp³-hybridized carbons (Fsp3) is 0.111. The Balaban J connectivity index is 1.72. The smallest absolute Gasteiger partial charge is 0.433 e. The molecule has 0 spiro atoms. The van der Waals surface area contributed by atoms with Crippen molar-refractivity contribution in [3.63, 3.8) is 0 Å². The van der Waals surface area contributed by atoms with Crippen LogP contribution in [0.15, 0.2) is 47.8 Å². The Morgan fingerprint density at radius 3 is 2.63 bits per heavy atom. The lowest BCUT2D eigenvalue weighted by atomic mass is 10.1. The third-order valence-corrected chi connectivity index (χ3v) is 5.05. The van der Waals surface area contributed by atoms with Gasteiger partial charge in [-0.2, -0.15) is 18.3 Å². The molecule has 0 unspecified atom stereocenters. The van der Waals surface area contributed by atoms with Crippen molar-refractivity contribution in [3.8, 4) is 33.3 Å². The fourth-order valence-corrected chi connectivity index (χ4v) is 3.61. The average Bonchev–Trinajstić information content (AvgIpc) is 3.37. The third-order valence-electron chi connectivity index (χ3n) is 4.16. The first-order chi connectivity index (χ1) is 13.0. The van der Waals surface area contributed by atoms with E-state index >= 15 is 0 Å². The summed E-state index contributed by atoms with van der Waals surface area (Å²) in [5.41, 5.74) is 0.381. The second kappa shape index (κ2) is 5.71. The summed E-state index contributed by atoms with van der Waals surface area (Å²) in [6.45, 7) is 0.0891. The van der Waals surface area contributed by atoms with E-state index in [-0.39, 0.29) is 18.1 Å². The number of ether oxygens (including phenoxy) is 2. The summed E-state index contributed by atoms with van der Waals surface area (Å²) in [5, 5.41) is 5.96. The molecule has 1 aliphatic heterocycles. The predicted molar refractivity (Wildman–Crippen MR) is 92.9 cm³/mol. The van der Waals surface area contributed by atoms with E-state index in [1.807, 2.05) is 11.4 Å². The molecule has 4 aromatic rings. The molecule has 0 aliphatic carbocycles. The number of halogens is 3. The van der Waals surface area contributed by atoms with Gasteiger partial charge in [0.2, 0.25) is 6.79 Å². The van der Waals surface area contributed by atoms with Crippen LogP contribution in [0, 0.1) is 0 Å². The number of thiophene rings is 1. The minimum absolute atomic E-state index is 0.0891. The van der Waals surface area contributed by atoms with Crippen molar-refractivity contribution in [3.05, 3.63) is 53.5 Å². The van der Waals surface area contributed by atoms with Crippen molar-refractivity contribution in [2.45, 2.75) is 6.18 Å². The molecule has 27 heavy (non-hydrogen) atoms. The van der Waals surface area contributed by atoms with Crippen LogP contribution in [0.3, 0.4) is 0 Å². The molecule has 0 amide bonds. The lowest BCUT2D eigenvalue weighted by Crippen LogP contribution is -2.13. The number of benzene rings is 1. The van der Waals surface area contributed by atoms with Gasteiger partial charge in [-0.15, -0.1) is 11.3 Å². The minimum atomic E-state index is -4.58.